The maximum Gasteiger partial charge on any atom is 0.0726 e. The van der Waals surface area contributed by atoms with Gasteiger partial charge in [-0.3, -0.25) is 0 Å². The number of fused-ring (bicyclic) bond motifs is 16. The normalized spacial score (nSPS) is 13.4. The molecule has 2 aliphatic carbocycles. The first-order chi connectivity index (χ1) is 28.3. The molecule has 1 spiro atoms. The van der Waals surface area contributed by atoms with E-state index in [1.165, 1.54) is 111 Å². The molecule has 0 radical (unpaired) electrons. The summed E-state index contributed by atoms with van der Waals surface area (Å²) in [5.74, 6) is 0. The van der Waals surface area contributed by atoms with Crippen LogP contribution < -0.4 is 0 Å². The molecule has 0 bridgehead atoms. The molecule has 264 valence electrons. The quantitative estimate of drug-likeness (QED) is 0.172. The first-order valence-corrected chi connectivity index (χ1v) is 19.9. The van der Waals surface area contributed by atoms with Gasteiger partial charge in [0.1, 0.15) is 0 Å². The van der Waals surface area contributed by atoms with Crippen molar-refractivity contribution in [3.63, 3.8) is 0 Å². The van der Waals surface area contributed by atoms with Gasteiger partial charge >= 0.3 is 0 Å². The predicted octanol–water partition coefficient (Wildman–Crippen LogP) is 13.9. The van der Waals surface area contributed by atoms with Crippen LogP contribution in [0.25, 0.3) is 88.4 Å². The van der Waals surface area contributed by atoms with Crippen molar-refractivity contribution in [2.75, 3.05) is 0 Å². The molecule has 9 aromatic carbocycles. The average molecular weight is 723 g/mol. The van der Waals surface area contributed by atoms with Crippen molar-refractivity contribution in [2.24, 2.45) is 0 Å². The molecule has 0 N–H and O–H groups in total. The molecular weight excluding hydrogens is 689 g/mol. The van der Waals surface area contributed by atoms with E-state index in [1.54, 1.807) is 0 Å². The molecule has 11 aromatic rings. The van der Waals surface area contributed by atoms with Crippen molar-refractivity contribution in [2.45, 2.75) is 5.41 Å². The molecule has 2 aromatic heterocycles. The summed E-state index contributed by atoms with van der Waals surface area (Å²) >= 11 is 0. The van der Waals surface area contributed by atoms with Gasteiger partial charge in [0.15, 0.2) is 0 Å². The van der Waals surface area contributed by atoms with Crippen molar-refractivity contribution in [1.82, 2.24) is 9.13 Å². The van der Waals surface area contributed by atoms with Crippen LogP contribution in [-0.4, -0.2) is 9.13 Å². The highest BCUT2D eigenvalue weighted by atomic mass is 15.0. The Bertz CT molecular complexity index is 3410. The van der Waals surface area contributed by atoms with Crippen molar-refractivity contribution in [1.29, 1.82) is 0 Å². The Balaban J connectivity index is 1.02. The second-order valence-corrected chi connectivity index (χ2v) is 15.6. The molecule has 2 nitrogen and oxygen atoms in total. The zero-order valence-electron chi connectivity index (χ0n) is 31.0. The minimum absolute atomic E-state index is 0.386. The van der Waals surface area contributed by atoms with E-state index in [0.29, 0.717) is 0 Å². The Morgan fingerprint density at radius 2 is 0.684 bits per heavy atom. The van der Waals surface area contributed by atoms with E-state index in [9.17, 15) is 0 Å². The summed E-state index contributed by atoms with van der Waals surface area (Å²) < 4.78 is 4.86. The maximum atomic E-state index is 2.49. The van der Waals surface area contributed by atoms with Gasteiger partial charge in [-0.1, -0.05) is 146 Å². The van der Waals surface area contributed by atoms with Crippen LogP contribution in [0, 0.1) is 0 Å². The molecule has 0 fully saturated rings. The number of hydrogen-bond donors (Lipinski definition) is 0. The highest BCUT2D eigenvalue weighted by Gasteiger charge is 2.51. The summed E-state index contributed by atoms with van der Waals surface area (Å²) in [6, 6.07) is 76.7. The molecule has 0 amide bonds. The molecule has 0 saturated heterocycles. The summed E-state index contributed by atoms with van der Waals surface area (Å²) in [7, 11) is 0. The van der Waals surface area contributed by atoms with Crippen LogP contribution in [0.2, 0.25) is 0 Å². The fraction of sp³-hybridized carbons (Fsp3) is 0.0182. The van der Waals surface area contributed by atoms with Crippen LogP contribution in [0.15, 0.2) is 206 Å². The van der Waals surface area contributed by atoms with Crippen molar-refractivity contribution < 1.29 is 0 Å². The third-order valence-corrected chi connectivity index (χ3v) is 12.9. The Morgan fingerprint density at radius 1 is 0.263 bits per heavy atom. The van der Waals surface area contributed by atoms with Crippen molar-refractivity contribution in [3.05, 3.63) is 229 Å². The molecule has 2 aliphatic rings. The smallest absolute Gasteiger partial charge is 0.0726 e. The monoisotopic (exact) mass is 722 g/mol. The second-order valence-electron chi connectivity index (χ2n) is 15.6. The summed E-state index contributed by atoms with van der Waals surface area (Å²) in [6.07, 6.45) is 0. The fourth-order valence-electron chi connectivity index (χ4n) is 10.7. The molecular formula is C55H34N2. The zero-order valence-corrected chi connectivity index (χ0v) is 31.0. The number of para-hydroxylation sites is 3. The van der Waals surface area contributed by atoms with Gasteiger partial charge in [0.25, 0.3) is 0 Å². The standard InChI is InChI=1S/C55H34N2/c1-2-14-37(15-3-1)56-51-24-12-7-19-43(51)45-32-35(26-30-53(45)56)36-27-31-54-46(33-36)44-20-8-13-25-52(44)57(54)38-28-29-42-41-18-6-11-23-49(41)55(50(42)34-38)47-21-9-4-16-39(47)40-17-5-10-22-48(40)55/h1-34H. The lowest BCUT2D eigenvalue weighted by molar-refractivity contribution is 0.792. The van der Waals surface area contributed by atoms with Crippen molar-refractivity contribution >= 4 is 43.6 Å². The van der Waals surface area contributed by atoms with E-state index < -0.39 is 0 Å². The molecule has 0 atom stereocenters. The van der Waals surface area contributed by atoms with Crippen LogP contribution in [0.4, 0.5) is 0 Å². The predicted molar refractivity (Wildman–Crippen MR) is 237 cm³/mol. The van der Waals surface area contributed by atoms with E-state index in [-0.39, 0.29) is 5.41 Å². The summed E-state index contributed by atoms with van der Waals surface area (Å²) in [6.45, 7) is 0. The van der Waals surface area contributed by atoms with Crippen molar-refractivity contribution in [3.8, 4) is 44.8 Å². The van der Waals surface area contributed by atoms with Gasteiger partial charge in [-0.2, -0.15) is 0 Å². The highest BCUT2D eigenvalue weighted by Crippen LogP contribution is 2.63. The van der Waals surface area contributed by atoms with E-state index in [1.807, 2.05) is 0 Å². The first-order valence-electron chi connectivity index (χ1n) is 19.9. The summed E-state index contributed by atoms with van der Waals surface area (Å²) in [5.41, 5.74) is 20.0. The van der Waals surface area contributed by atoms with Gasteiger partial charge in [0.05, 0.1) is 27.5 Å². The minimum atomic E-state index is -0.386. The van der Waals surface area contributed by atoms with E-state index in [2.05, 4.69) is 215 Å². The van der Waals surface area contributed by atoms with Crippen LogP contribution in [0.5, 0.6) is 0 Å². The third kappa shape index (κ3) is 3.99. The molecule has 0 saturated carbocycles. The SMILES string of the molecule is c1ccc(-n2c3ccccc3c3cc(-c4ccc5c(c4)c4ccccc4n5-c4ccc5c(c4)C4(c6ccccc6-c6ccccc64)c4ccccc4-5)ccc32)cc1. The summed E-state index contributed by atoms with van der Waals surface area (Å²) in [5, 5.41) is 5.04. The van der Waals surface area contributed by atoms with Gasteiger partial charge in [0, 0.05) is 32.9 Å². The molecule has 2 heterocycles. The van der Waals surface area contributed by atoms with Crippen LogP contribution in [0.1, 0.15) is 22.3 Å². The molecule has 13 rings (SSSR count). The van der Waals surface area contributed by atoms with Gasteiger partial charge < -0.3 is 9.13 Å². The average Bonchev–Trinajstić information content (AvgIpc) is 3.98. The third-order valence-electron chi connectivity index (χ3n) is 12.9. The van der Waals surface area contributed by atoms with Crippen LogP contribution in [-0.2, 0) is 5.41 Å². The molecule has 0 aliphatic heterocycles. The minimum Gasteiger partial charge on any atom is -0.309 e. The number of benzene rings is 9. The number of aromatic nitrogens is 2. The lowest BCUT2D eigenvalue weighted by Crippen LogP contribution is -2.26. The lowest BCUT2D eigenvalue weighted by atomic mass is 9.70. The Morgan fingerprint density at radius 3 is 1.23 bits per heavy atom. The van der Waals surface area contributed by atoms with Crippen LogP contribution in [0.3, 0.4) is 0 Å². The lowest BCUT2D eigenvalue weighted by Gasteiger charge is -2.30. The second kappa shape index (κ2) is 11.3. The highest BCUT2D eigenvalue weighted by molar-refractivity contribution is 6.13. The zero-order chi connectivity index (χ0) is 37.2. The van der Waals surface area contributed by atoms with Gasteiger partial charge in [-0.15, -0.1) is 0 Å². The van der Waals surface area contributed by atoms with Crippen LogP contribution >= 0.6 is 0 Å². The number of nitrogens with zero attached hydrogens (tertiary/aromatic N) is 2. The topological polar surface area (TPSA) is 9.86 Å². The largest absolute Gasteiger partial charge is 0.309 e. The van der Waals surface area contributed by atoms with E-state index >= 15 is 0 Å². The Labute approximate surface area is 330 Å². The fourth-order valence-corrected chi connectivity index (χ4v) is 10.7. The van der Waals surface area contributed by atoms with Gasteiger partial charge in [-0.25, -0.2) is 0 Å². The summed E-state index contributed by atoms with van der Waals surface area (Å²) in [4.78, 5) is 0. The first kappa shape index (κ1) is 30.9. The number of rotatable bonds is 3. The van der Waals surface area contributed by atoms with E-state index in [4.69, 9.17) is 0 Å². The molecule has 2 heteroatoms. The number of hydrogen-bond acceptors (Lipinski definition) is 0. The molecule has 57 heavy (non-hydrogen) atoms. The van der Waals surface area contributed by atoms with Gasteiger partial charge in [-0.05, 0) is 116 Å². The van der Waals surface area contributed by atoms with Gasteiger partial charge in [0.2, 0.25) is 0 Å². The Kier molecular flexibility index (Phi) is 6.13. The molecule has 0 unspecified atom stereocenters. The maximum absolute atomic E-state index is 2.49. The van der Waals surface area contributed by atoms with E-state index in [0.717, 1.165) is 0 Å². The Hall–Kier alpha value is -7.42.